The van der Waals surface area contributed by atoms with Gasteiger partial charge in [0.15, 0.2) is 5.60 Å². The van der Waals surface area contributed by atoms with Gasteiger partial charge in [-0.2, -0.15) is 0 Å². The lowest BCUT2D eigenvalue weighted by Crippen LogP contribution is -2.53. The number of oxime groups is 1. The van der Waals surface area contributed by atoms with E-state index in [-0.39, 0.29) is 19.0 Å². The van der Waals surface area contributed by atoms with E-state index in [1.54, 1.807) is 37.3 Å². The molecule has 0 radical (unpaired) electrons. The van der Waals surface area contributed by atoms with Crippen LogP contribution in [0.1, 0.15) is 40.4 Å². The highest BCUT2D eigenvalue weighted by Crippen LogP contribution is 2.38. The smallest absolute Gasteiger partial charge is 0.255 e. The Hall–Kier alpha value is -2.90. The molecule has 160 valence electrons. The number of piperazine rings is 1. The lowest BCUT2D eigenvalue weighted by molar-refractivity contribution is -0.135. The van der Waals surface area contributed by atoms with Gasteiger partial charge in [-0.25, -0.2) is 0 Å². The van der Waals surface area contributed by atoms with Crippen molar-refractivity contribution in [1.29, 1.82) is 0 Å². The zero-order chi connectivity index (χ0) is 22.3. The van der Waals surface area contributed by atoms with E-state index in [0.29, 0.717) is 27.6 Å². The summed E-state index contributed by atoms with van der Waals surface area (Å²) in [7, 11) is 0. The van der Waals surface area contributed by atoms with Gasteiger partial charge < -0.3 is 9.74 Å². The molecule has 1 unspecified atom stereocenters. The number of aryl methyl sites for hydroxylation is 1. The molecule has 0 bridgehead atoms. The molecule has 0 aliphatic carbocycles. The molecule has 31 heavy (non-hydrogen) atoms. The molecular weight excluding hydrogens is 441 g/mol. The van der Waals surface area contributed by atoms with Crippen molar-refractivity contribution in [3.8, 4) is 0 Å². The van der Waals surface area contributed by atoms with E-state index in [1.165, 1.54) is 4.90 Å². The topological polar surface area (TPSA) is 88.1 Å². The third-order valence-corrected chi connectivity index (χ3v) is 5.80. The molecule has 1 saturated heterocycles. The third-order valence-electron chi connectivity index (χ3n) is 5.36. The van der Waals surface area contributed by atoms with E-state index in [1.807, 2.05) is 13.0 Å². The van der Waals surface area contributed by atoms with Gasteiger partial charge in [0.1, 0.15) is 13.1 Å². The second-order valence-corrected chi connectivity index (χ2v) is 8.73. The quantitative estimate of drug-likeness (QED) is 0.711. The number of hydrogen-bond acceptors (Lipinski definition) is 5. The Bertz CT molecular complexity index is 1110. The van der Waals surface area contributed by atoms with Crippen LogP contribution in [0, 0.1) is 6.92 Å². The minimum atomic E-state index is -0.714. The number of hydrogen-bond donors (Lipinski definition) is 1. The molecule has 4 rings (SSSR count). The van der Waals surface area contributed by atoms with Gasteiger partial charge in [-0.1, -0.05) is 34.4 Å². The van der Waals surface area contributed by atoms with Crippen molar-refractivity contribution in [2.24, 2.45) is 5.16 Å². The highest BCUT2D eigenvalue weighted by Gasteiger charge is 2.37. The fourth-order valence-corrected chi connectivity index (χ4v) is 4.27. The van der Waals surface area contributed by atoms with Crippen LogP contribution in [0.3, 0.4) is 0 Å². The van der Waals surface area contributed by atoms with Crippen molar-refractivity contribution in [3.63, 3.8) is 0 Å². The number of nitrogens with zero attached hydrogens (tertiary/aromatic N) is 2. The fraction of sp³-hybridized carbons (Fsp3) is 0.273. The van der Waals surface area contributed by atoms with Gasteiger partial charge in [0.25, 0.3) is 5.91 Å². The van der Waals surface area contributed by atoms with Crippen LogP contribution in [-0.2, 0) is 20.0 Å². The fourth-order valence-electron chi connectivity index (χ4n) is 3.74. The molecule has 1 N–H and O–H groups in total. The van der Waals surface area contributed by atoms with Gasteiger partial charge in [-0.05, 0) is 55.3 Å². The Labute approximate surface area is 188 Å². The van der Waals surface area contributed by atoms with Crippen LogP contribution in [0.2, 0.25) is 10.0 Å². The lowest BCUT2D eigenvalue weighted by Gasteiger charge is -2.26. The first kappa shape index (κ1) is 21.3. The minimum Gasteiger partial charge on any atom is -0.384 e. The molecule has 2 aliphatic heterocycles. The highest BCUT2D eigenvalue weighted by atomic mass is 35.5. The van der Waals surface area contributed by atoms with E-state index in [9.17, 15) is 14.4 Å². The van der Waals surface area contributed by atoms with Gasteiger partial charge in [-0.3, -0.25) is 19.7 Å². The van der Waals surface area contributed by atoms with Gasteiger partial charge in [0, 0.05) is 27.6 Å². The SMILES string of the molecule is Cc1cc(C2=NOC(C)(c3cc(Cl)cc(Cl)c3)C2)ccc1C(=O)N1CC(=O)NC(=O)C1. The minimum absolute atomic E-state index is 0.146. The molecule has 3 amide bonds. The van der Waals surface area contributed by atoms with Crippen LogP contribution in [0.5, 0.6) is 0 Å². The van der Waals surface area contributed by atoms with Crippen LogP contribution < -0.4 is 5.32 Å². The van der Waals surface area contributed by atoms with Crippen molar-refractivity contribution in [2.45, 2.75) is 25.9 Å². The normalized spacial score (nSPS) is 20.9. The van der Waals surface area contributed by atoms with Gasteiger partial charge >= 0.3 is 0 Å². The van der Waals surface area contributed by atoms with Crippen molar-refractivity contribution in [3.05, 3.63) is 68.7 Å². The summed E-state index contributed by atoms with van der Waals surface area (Å²) in [5, 5.41) is 7.48. The zero-order valence-corrected chi connectivity index (χ0v) is 18.4. The monoisotopic (exact) mass is 459 g/mol. The summed E-state index contributed by atoms with van der Waals surface area (Å²) in [6, 6.07) is 10.6. The summed E-state index contributed by atoms with van der Waals surface area (Å²) in [4.78, 5) is 43.0. The van der Waals surface area contributed by atoms with Crippen LogP contribution in [-0.4, -0.2) is 41.4 Å². The summed E-state index contributed by atoms with van der Waals surface area (Å²) in [6.07, 6.45) is 0.497. The van der Waals surface area contributed by atoms with E-state index in [4.69, 9.17) is 28.0 Å². The Morgan fingerprint density at radius 1 is 1.10 bits per heavy atom. The molecule has 0 saturated carbocycles. The van der Waals surface area contributed by atoms with Crippen LogP contribution in [0.15, 0.2) is 41.6 Å². The van der Waals surface area contributed by atoms with Gasteiger partial charge in [-0.15, -0.1) is 0 Å². The van der Waals surface area contributed by atoms with E-state index in [0.717, 1.165) is 16.8 Å². The Balaban J connectivity index is 1.54. The maximum Gasteiger partial charge on any atom is 0.255 e. The second-order valence-electron chi connectivity index (χ2n) is 7.86. The molecule has 2 aromatic rings. The largest absolute Gasteiger partial charge is 0.384 e. The van der Waals surface area contributed by atoms with Crippen molar-refractivity contribution in [2.75, 3.05) is 13.1 Å². The standard InChI is InChI=1S/C22H19Cl2N3O4/c1-12-5-13(3-4-17(12)21(30)27-10-19(28)25-20(29)11-27)18-9-22(2,31-26-18)14-6-15(23)8-16(24)7-14/h3-8H,9-11H2,1-2H3,(H,25,28,29). The van der Waals surface area contributed by atoms with Crippen LogP contribution >= 0.6 is 23.2 Å². The first-order valence-corrected chi connectivity index (χ1v) is 10.3. The molecule has 2 aromatic carbocycles. The molecule has 9 heteroatoms. The predicted octanol–water partition coefficient (Wildman–Crippen LogP) is 3.44. The number of benzene rings is 2. The number of nitrogens with one attached hydrogen (secondary N) is 1. The van der Waals surface area contributed by atoms with Gasteiger partial charge in [0.2, 0.25) is 11.8 Å². The summed E-state index contributed by atoms with van der Waals surface area (Å²) < 4.78 is 0. The van der Waals surface area contributed by atoms with E-state index >= 15 is 0 Å². The second kappa shape index (κ2) is 7.98. The van der Waals surface area contributed by atoms with Gasteiger partial charge in [0.05, 0.1) is 5.71 Å². The number of amides is 3. The maximum atomic E-state index is 12.8. The average Bonchev–Trinajstić information content (AvgIpc) is 3.09. The van der Waals surface area contributed by atoms with Crippen molar-refractivity contribution < 1.29 is 19.2 Å². The molecule has 7 nitrogen and oxygen atoms in total. The summed E-state index contributed by atoms with van der Waals surface area (Å²) in [5.41, 5.74) is 2.79. The van der Waals surface area contributed by atoms with Crippen LogP contribution in [0.25, 0.3) is 0 Å². The summed E-state index contributed by atoms with van der Waals surface area (Å²) >= 11 is 12.3. The molecule has 0 spiro atoms. The average molecular weight is 460 g/mol. The highest BCUT2D eigenvalue weighted by molar-refractivity contribution is 6.34. The van der Waals surface area contributed by atoms with E-state index < -0.39 is 17.4 Å². The Morgan fingerprint density at radius 3 is 2.35 bits per heavy atom. The van der Waals surface area contributed by atoms with Crippen molar-refractivity contribution in [1.82, 2.24) is 10.2 Å². The summed E-state index contributed by atoms with van der Waals surface area (Å²) in [5.74, 6) is -1.34. The predicted molar refractivity (Wildman–Crippen MR) is 116 cm³/mol. The molecule has 1 atom stereocenters. The first-order chi connectivity index (χ1) is 14.6. The third kappa shape index (κ3) is 4.29. The number of carbonyl (C=O) groups is 3. The molecule has 0 aromatic heterocycles. The van der Waals surface area contributed by atoms with Crippen molar-refractivity contribution >= 4 is 46.6 Å². The molecule has 2 heterocycles. The first-order valence-electron chi connectivity index (χ1n) is 9.59. The Kier molecular flexibility index (Phi) is 5.49. The number of carbonyl (C=O) groups excluding carboxylic acids is 3. The Morgan fingerprint density at radius 2 is 1.74 bits per heavy atom. The number of halogens is 2. The number of imide groups is 1. The summed E-state index contributed by atoms with van der Waals surface area (Å²) in [6.45, 7) is 3.42. The molecule has 1 fully saturated rings. The molecular formula is C22H19Cl2N3O4. The zero-order valence-electron chi connectivity index (χ0n) is 16.9. The molecule has 2 aliphatic rings. The lowest BCUT2D eigenvalue weighted by atomic mass is 9.88. The maximum absolute atomic E-state index is 12.8. The number of rotatable bonds is 3. The van der Waals surface area contributed by atoms with Crippen LogP contribution in [0.4, 0.5) is 0 Å². The van der Waals surface area contributed by atoms with E-state index in [2.05, 4.69) is 10.5 Å².